The van der Waals surface area contributed by atoms with E-state index in [0.717, 1.165) is 25.7 Å². The van der Waals surface area contributed by atoms with E-state index < -0.39 is 23.8 Å². The van der Waals surface area contributed by atoms with E-state index in [2.05, 4.69) is 16.0 Å². The number of aliphatic hydroxyl groups excluding tert-OH is 1. The molecule has 0 aromatic heterocycles. The van der Waals surface area contributed by atoms with Crippen molar-refractivity contribution in [2.24, 2.45) is 29.1 Å². The highest BCUT2D eigenvalue weighted by atomic mass is 16.5. The second-order valence-electron chi connectivity index (χ2n) is 12.0. The highest BCUT2D eigenvalue weighted by Gasteiger charge is 2.57. The van der Waals surface area contributed by atoms with Crippen molar-refractivity contribution < 1.29 is 29.3 Å². The molecule has 0 aromatic carbocycles. The van der Waals surface area contributed by atoms with Crippen LogP contribution in [0, 0.1) is 29.1 Å². The van der Waals surface area contributed by atoms with E-state index in [1.807, 2.05) is 13.8 Å². The summed E-state index contributed by atoms with van der Waals surface area (Å²) in [6.45, 7) is 4.54. The molecule has 9 nitrogen and oxygen atoms in total. The number of hydrogen-bond donors (Lipinski definition) is 5. The molecule has 5 rings (SSSR count). The highest BCUT2D eigenvalue weighted by Crippen LogP contribution is 2.61. The van der Waals surface area contributed by atoms with Gasteiger partial charge in [-0.2, -0.15) is 0 Å². The van der Waals surface area contributed by atoms with E-state index in [-0.39, 0.29) is 42.3 Å². The van der Waals surface area contributed by atoms with Crippen molar-refractivity contribution in [3.05, 3.63) is 0 Å². The molecule has 5 N–H and O–H groups in total. The predicted octanol–water partition coefficient (Wildman–Crippen LogP) is 1.46. The Bertz CT molecular complexity index is 773. The summed E-state index contributed by atoms with van der Waals surface area (Å²) in [5.41, 5.74) is -0.769. The highest BCUT2D eigenvalue weighted by molar-refractivity contribution is 5.86. The molecule has 5 aliphatic rings. The quantitative estimate of drug-likeness (QED) is 0.322. The van der Waals surface area contributed by atoms with Crippen LogP contribution in [-0.4, -0.2) is 65.6 Å². The minimum Gasteiger partial charge on any atom is -0.449 e. The molecule has 1 heterocycles. The molecule has 0 radical (unpaired) electrons. The Balaban J connectivity index is 1.31. The number of nitrogens with one attached hydrogen (secondary N) is 3. The van der Waals surface area contributed by atoms with Crippen molar-refractivity contribution in [3.8, 4) is 0 Å². The van der Waals surface area contributed by atoms with Crippen molar-refractivity contribution in [1.29, 1.82) is 0 Å². The fourth-order valence-electron chi connectivity index (χ4n) is 7.37. The van der Waals surface area contributed by atoms with Gasteiger partial charge in [0, 0.05) is 17.9 Å². The lowest BCUT2D eigenvalue weighted by molar-refractivity contribution is -0.175. The summed E-state index contributed by atoms with van der Waals surface area (Å²) < 4.78 is 5.64. The van der Waals surface area contributed by atoms with Crippen LogP contribution < -0.4 is 16.0 Å². The second kappa shape index (κ2) is 10.0. The van der Waals surface area contributed by atoms with Gasteiger partial charge in [-0.25, -0.2) is 4.79 Å². The van der Waals surface area contributed by atoms with Gasteiger partial charge in [-0.15, -0.1) is 0 Å². The summed E-state index contributed by atoms with van der Waals surface area (Å²) in [5, 5.41) is 29.0. The summed E-state index contributed by atoms with van der Waals surface area (Å²) in [4.78, 5) is 37.6. The third kappa shape index (κ3) is 5.85. The van der Waals surface area contributed by atoms with Gasteiger partial charge in [0.25, 0.3) is 0 Å². The molecule has 4 aliphatic carbocycles. The van der Waals surface area contributed by atoms with E-state index in [1.54, 1.807) is 0 Å². The van der Waals surface area contributed by atoms with Gasteiger partial charge in [0.15, 0.2) is 0 Å². The first kappa shape index (κ1) is 25.2. The van der Waals surface area contributed by atoms with Crippen LogP contribution in [0.15, 0.2) is 0 Å². The number of ether oxygens (including phenoxy) is 1. The lowest BCUT2D eigenvalue weighted by atomic mass is 9.48. The number of hydrogen-bond acceptors (Lipinski definition) is 6. The van der Waals surface area contributed by atoms with Crippen molar-refractivity contribution in [2.45, 2.75) is 89.3 Å². The average Bonchev–Trinajstić information content (AvgIpc) is 3.13. The maximum absolute atomic E-state index is 13.0. The van der Waals surface area contributed by atoms with Crippen molar-refractivity contribution in [3.63, 3.8) is 0 Å². The molecule has 1 saturated heterocycles. The van der Waals surface area contributed by atoms with E-state index in [9.17, 15) is 24.6 Å². The Morgan fingerprint density at radius 1 is 1.18 bits per heavy atom. The van der Waals surface area contributed by atoms with Crippen molar-refractivity contribution in [2.75, 3.05) is 19.8 Å². The first-order chi connectivity index (χ1) is 16.1. The van der Waals surface area contributed by atoms with E-state index in [4.69, 9.17) is 4.74 Å². The van der Waals surface area contributed by atoms with Crippen LogP contribution in [0.2, 0.25) is 0 Å². The first-order valence-corrected chi connectivity index (χ1v) is 12.9. The summed E-state index contributed by atoms with van der Waals surface area (Å²) in [7, 11) is 0. The molecule has 0 spiro atoms. The summed E-state index contributed by atoms with van der Waals surface area (Å²) in [5.74, 6) is 0.509. The van der Waals surface area contributed by atoms with Crippen LogP contribution in [0.4, 0.5) is 4.79 Å². The molecule has 7 atom stereocenters. The van der Waals surface area contributed by atoms with E-state index in [1.165, 1.54) is 6.42 Å². The van der Waals surface area contributed by atoms with Gasteiger partial charge in [0.05, 0.1) is 24.9 Å². The zero-order valence-electron chi connectivity index (χ0n) is 20.5. The molecular weight excluding hydrogens is 438 g/mol. The van der Waals surface area contributed by atoms with Gasteiger partial charge in [-0.05, 0) is 75.5 Å². The molecule has 4 saturated carbocycles. The molecule has 0 aromatic rings. The van der Waals surface area contributed by atoms with Crippen molar-refractivity contribution in [1.82, 2.24) is 16.0 Å². The molecule has 1 aliphatic heterocycles. The summed E-state index contributed by atoms with van der Waals surface area (Å²) >= 11 is 0. The normalized spacial score (nSPS) is 35.7. The zero-order chi connectivity index (χ0) is 24.5. The average molecular weight is 480 g/mol. The molecule has 5 fully saturated rings. The SMILES string of the molecule is CC(C)C[C@H](NC(=O)OCC12C[C@@H]3C[C@@H](CC(O)(C3)C1)C2)C(=O)N[C@H](CO)C[C@@H]1CCNC1=O. The lowest BCUT2D eigenvalue weighted by Gasteiger charge is -2.59. The zero-order valence-corrected chi connectivity index (χ0v) is 20.5. The van der Waals surface area contributed by atoms with E-state index >= 15 is 0 Å². The fraction of sp³-hybridized carbons (Fsp3) is 0.880. The van der Waals surface area contributed by atoms with Gasteiger partial charge in [0.2, 0.25) is 11.8 Å². The Hall–Kier alpha value is -1.87. The smallest absolute Gasteiger partial charge is 0.407 e. The van der Waals surface area contributed by atoms with Gasteiger partial charge >= 0.3 is 6.09 Å². The number of carbonyl (C=O) groups excluding carboxylic acids is 3. The summed E-state index contributed by atoms with van der Waals surface area (Å²) in [6, 6.07) is -1.35. The van der Waals surface area contributed by atoms with Crippen LogP contribution in [0.3, 0.4) is 0 Å². The van der Waals surface area contributed by atoms with Gasteiger partial charge < -0.3 is 30.9 Å². The molecule has 3 amide bonds. The van der Waals surface area contributed by atoms with Crippen LogP contribution in [0.1, 0.15) is 71.6 Å². The minimum absolute atomic E-state index is 0.0533. The first-order valence-electron chi connectivity index (χ1n) is 12.9. The minimum atomic E-state index is -0.792. The van der Waals surface area contributed by atoms with Crippen LogP contribution >= 0.6 is 0 Å². The van der Waals surface area contributed by atoms with Crippen LogP contribution in [0.5, 0.6) is 0 Å². The van der Waals surface area contributed by atoms with Gasteiger partial charge in [-0.1, -0.05) is 13.8 Å². The Kier molecular flexibility index (Phi) is 7.43. The van der Waals surface area contributed by atoms with Gasteiger partial charge in [-0.3, -0.25) is 9.59 Å². The number of amides is 3. The molecule has 9 heteroatoms. The monoisotopic (exact) mass is 479 g/mol. The molecule has 4 bridgehead atoms. The molecular formula is C25H41N3O6. The number of carbonyl (C=O) groups is 3. The van der Waals surface area contributed by atoms with Gasteiger partial charge in [0.1, 0.15) is 6.04 Å². The number of aliphatic hydroxyl groups is 2. The summed E-state index contributed by atoms with van der Waals surface area (Å²) in [6.07, 6.45) is 6.40. The second-order valence-corrected chi connectivity index (χ2v) is 12.0. The van der Waals surface area contributed by atoms with Crippen LogP contribution in [0.25, 0.3) is 0 Å². The molecule has 2 unspecified atom stereocenters. The Morgan fingerprint density at radius 3 is 2.44 bits per heavy atom. The Labute approximate surface area is 201 Å². The molecule has 192 valence electrons. The standard InChI is InChI=1S/C25H41N3O6/c1-15(2)5-20(22(31)27-19(12-29)7-18-3-4-26-21(18)30)28-23(32)34-14-24-8-16-6-17(9-24)11-25(33,10-16)13-24/h15-20,29,33H,3-14H2,1-2H3,(H,26,30)(H,27,31)(H,28,32)/t16-,17+,18-,19-,20-,24?,25?/m0/s1. The third-order valence-electron chi connectivity index (χ3n) is 8.28. The largest absolute Gasteiger partial charge is 0.449 e. The van der Waals surface area contributed by atoms with Crippen molar-refractivity contribution >= 4 is 17.9 Å². The predicted molar refractivity (Wildman–Crippen MR) is 125 cm³/mol. The third-order valence-corrected chi connectivity index (χ3v) is 8.28. The maximum atomic E-state index is 13.0. The Morgan fingerprint density at radius 2 is 1.88 bits per heavy atom. The fourth-order valence-corrected chi connectivity index (χ4v) is 7.37. The topological polar surface area (TPSA) is 137 Å². The number of rotatable bonds is 10. The lowest BCUT2D eigenvalue weighted by Crippen LogP contribution is -2.57. The van der Waals surface area contributed by atoms with Crippen LogP contribution in [-0.2, 0) is 14.3 Å². The number of alkyl carbamates (subject to hydrolysis) is 1. The maximum Gasteiger partial charge on any atom is 0.407 e. The van der Waals surface area contributed by atoms with E-state index in [0.29, 0.717) is 44.1 Å². The molecule has 34 heavy (non-hydrogen) atoms.